The highest BCUT2D eigenvalue weighted by atomic mass is 16.5. The molecule has 0 saturated carbocycles. The van der Waals surface area contributed by atoms with E-state index >= 15 is 0 Å². The molecule has 0 aliphatic carbocycles. The molecule has 2 heterocycles. The van der Waals surface area contributed by atoms with Gasteiger partial charge in [0.25, 0.3) is 11.8 Å². The van der Waals surface area contributed by atoms with E-state index < -0.39 is 5.91 Å². The number of likely N-dealkylation sites (tertiary alicyclic amines) is 1. The molecule has 7 nitrogen and oxygen atoms in total. The molecule has 0 bridgehead atoms. The summed E-state index contributed by atoms with van der Waals surface area (Å²) >= 11 is 0. The van der Waals surface area contributed by atoms with Gasteiger partial charge in [0.15, 0.2) is 18.1 Å². The number of carbonyl (C=O) groups excluding carboxylic acids is 2. The maximum absolute atomic E-state index is 12.7. The van der Waals surface area contributed by atoms with Crippen LogP contribution >= 0.6 is 0 Å². The summed E-state index contributed by atoms with van der Waals surface area (Å²) in [5.74, 6) is 0.187. The van der Waals surface area contributed by atoms with E-state index in [1.54, 1.807) is 18.2 Å². The van der Waals surface area contributed by atoms with Gasteiger partial charge in [0.2, 0.25) is 0 Å². The van der Waals surface area contributed by atoms with E-state index in [2.05, 4.69) is 0 Å². The standard InChI is InChI=1S/C17H22N2O5/c1-22-14-8-12(2-3-13(14)24-9-15(18)20)16(21)19-6-4-17(10-19)5-7-23-11-17/h2-3,8H,4-7,9-11H2,1H3,(H2,18,20). The number of primary amides is 1. The molecular formula is C17H22N2O5. The first-order chi connectivity index (χ1) is 11.5. The molecule has 24 heavy (non-hydrogen) atoms. The molecule has 7 heteroatoms. The van der Waals surface area contributed by atoms with Crippen molar-refractivity contribution < 1.29 is 23.8 Å². The second-order valence-corrected chi connectivity index (χ2v) is 6.40. The second-order valence-electron chi connectivity index (χ2n) is 6.40. The summed E-state index contributed by atoms with van der Waals surface area (Å²) in [4.78, 5) is 25.4. The Kier molecular flexibility index (Phi) is 4.62. The number of ether oxygens (including phenoxy) is 3. The first kappa shape index (κ1) is 16.6. The number of methoxy groups -OCH3 is 1. The smallest absolute Gasteiger partial charge is 0.255 e. The SMILES string of the molecule is COc1cc(C(=O)N2CCC3(CCOC3)C2)ccc1OCC(N)=O. The van der Waals surface area contributed by atoms with Gasteiger partial charge in [0.1, 0.15) is 0 Å². The number of benzene rings is 1. The van der Waals surface area contributed by atoms with Crippen LogP contribution in [-0.4, -0.2) is 56.7 Å². The summed E-state index contributed by atoms with van der Waals surface area (Å²) < 4.78 is 16.0. The number of nitrogens with two attached hydrogens (primary N) is 1. The lowest BCUT2D eigenvalue weighted by atomic mass is 9.87. The molecule has 1 atom stereocenters. The highest BCUT2D eigenvalue weighted by molar-refractivity contribution is 5.95. The van der Waals surface area contributed by atoms with Gasteiger partial charge >= 0.3 is 0 Å². The lowest BCUT2D eigenvalue weighted by Gasteiger charge is -2.22. The van der Waals surface area contributed by atoms with Crippen LogP contribution in [0.4, 0.5) is 0 Å². The van der Waals surface area contributed by atoms with Gasteiger partial charge < -0.3 is 24.8 Å². The van der Waals surface area contributed by atoms with E-state index in [-0.39, 0.29) is 17.9 Å². The van der Waals surface area contributed by atoms with Crippen molar-refractivity contribution in [2.45, 2.75) is 12.8 Å². The summed E-state index contributed by atoms with van der Waals surface area (Å²) in [5, 5.41) is 0. The average molecular weight is 334 g/mol. The molecule has 130 valence electrons. The zero-order valence-corrected chi connectivity index (χ0v) is 13.7. The minimum atomic E-state index is -0.571. The van der Waals surface area contributed by atoms with Crippen LogP contribution in [0.5, 0.6) is 11.5 Å². The van der Waals surface area contributed by atoms with E-state index in [0.29, 0.717) is 17.1 Å². The van der Waals surface area contributed by atoms with Crippen molar-refractivity contribution in [2.24, 2.45) is 11.1 Å². The van der Waals surface area contributed by atoms with Gasteiger partial charge in [0, 0.05) is 30.7 Å². The Morgan fingerprint density at radius 1 is 1.33 bits per heavy atom. The summed E-state index contributed by atoms with van der Waals surface area (Å²) in [7, 11) is 1.49. The van der Waals surface area contributed by atoms with Gasteiger partial charge in [-0.3, -0.25) is 9.59 Å². The van der Waals surface area contributed by atoms with Crippen LogP contribution in [0.3, 0.4) is 0 Å². The fourth-order valence-electron chi connectivity index (χ4n) is 3.33. The van der Waals surface area contributed by atoms with Gasteiger partial charge in [-0.1, -0.05) is 0 Å². The molecule has 2 N–H and O–H groups in total. The van der Waals surface area contributed by atoms with Gasteiger partial charge in [-0.15, -0.1) is 0 Å². The Morgan fingerprint density at radius 3 is 2.83 bits per heavy atom. The molecule has 1 aromatic carbocycles. The van der Waals surface area contributed by atoms with Gasteiger partial charge in [-0.25, -0.2) is 0 Å². The van der Waals surface area contributed by atoms with Crippen LogP contribution in [0.25, 0.3) is 0 Å². The number of carbonyl (C=O) groups is 2. The number of hydrogen-bond acceptors (Lipinski definition) is 5. The summed E-state index contributed by atoms with van der Waals surface area (Å²) in [6.07, 6.45) is 2.00. The van der Waals surface area contributed by atoms with Crippen molar-refractivity contribution in [1.29, 1.82) is 0 Å². The molecule has 2 fully saturated rings. The molecule has 3 rings (SSSR count). The molecule has 1 spiro atoms. The predicted octanol–water partition coefficient (Wildman–Crippen LogP) is 0.812. The van der Waals surface area contributed by atoms with E-state index in [9.17, 15) is 9.59 Å². The van der Waals surface area contributed by atoms with Crippen molar-refractivity contribution >= 4 is 11.8 Å². The van der Waals surface area contributed by atoms with E-state index in [0.717, 1.165) is 39.1 Å². The van der Waals surface area contributed by atoms with Gasteiger partial charge in [0.05, 0.1) is 13.7 Å². The lowest BCUT2D eigenvalue weighted by molar-refractivity contribution is -0.119. The molecule has 0 radical (unpaired) electrons. The lowest BCUT2D eigenvalue weighted by Crippen LogP contribution is -2.32. The minimum Gasteiger partial charge on any atom is -0.493 e. The zero-order valence-electron chi connectivity index (χ0n) is 13.7. The normalized spacial score (nSPS) is 22.8. The van der Waals surface area contributed by atoms with Crippen LogP contribution < -0.4 is 15.2 Å². The summed E-state index contributed by atoms with van der Waals surface area (Å²) in [5.41, 5.74) is 5.74. The van der Waals surface area contributed by atoms with Crippen molar-refractivity contribution in [3.05, 3.63) is 23.8 Å². The Morgan fingerprint density at radius 2 is 2.17 bits per heavy atom. The Bertz CT molecular complexity index is 640. The maximum atomic E-state index is 12.7. The summed E-state index contributed by atoms with van der Waals surface area (Å²) in [6, 6.07) is 4.94. The molecule has 2 saturated heterocycles. The fraction of sp³-hybridized carbons (Fsp3) is 0.529. The number of nitrogens with zero attached hydrogens (tertiary/aromatic N) is 1. The third-order valence-electron chi connectivity index (χ3n) is 4.69. The predicted molar refractivity (Wildman–Crippen MR) is 86.1 cm³/mol. The zero-order chi connectivity index (χ0) is 17.2. The fourth-order valence-corrected chi connectivity index (χ4v) is 3.33. The van der Waals surface area contributed by atoms with Crippen LogP contribution in [0.1, 0.15) is 23.2 Å². The van der Waals surface area contributed by atoms with Crippen molar-refractivity contribution in [2.75, 3.05) is 40.0 Å². The third-order valence-corrected chi connectivity index (χ3v) is 4.69. The Labute approximate surface area is 140 Å². The van der Waals surface area contributed by atoms with Crippen LogP contribution in [0, 0.1) is 5.41 Å². The number of amides is 2. The van der Waals surface area contributed by atoms with Gasteiger partial charge in [-0.2, -0.15) is 0 Å². The third kappa shape index (κ3) is 3.31. The maximum Gasteiger partial charge on any atom is 0.255 e. The van der Waals surface area contributed by atoms with E-state index in [1.807, 2.05) is 4.90 Å². The minimum absolute atomic E-state index is 0.0291. The van der Waals surface area contributed by atoms with Crippen molar-refractivity contribution in [1.82, 2.24) is 4.90 Å². The average Bonchev–Trinajstić information content (AvgIpc) is 3.22. The largest absolute Gasteiger partial charge is 0.493 e. The molecular weight excluding hydrogens is 312 g/mol. The van der Waals surface area contributed by atoms with Crippen LogP contribution in [0.2, 0.25) is 0 Å². The van der Waals surface area contributed by atoms with E-state index in [4.69, 9.17) is 19.9 Å². The number of rotatable bonds is 5. The highest BCUT2D eigenvalue weighted by Gasteiger charge is 2.42. The molecule has 1 aromatic rings. The summed E-state index contributed by atoms with van der Waals surface area (Å²) in [6.45, 7) is 2.75. The van der Waals surface area contributed by atoms with Crippen LogP contribution in [0.15, 0.2) is 18.2 Å². The first-order valence-electron chi connectivity index (χ1n) is 7.99. The van der Waals surface area contributed by atoms with Gasteiger partial charge in [-0.05, 0) is 31.0 Å². The molecule has 2 aliphatic heterocycles. The molecule has 0 aromatic heterocycles. The number of hydrogen-bond donors (Lipinski definition) is 1. The highest BCUT2D eigenvalue weighted by Crippen LogP contribution is 2.39. The monoisotopic (exact) mass is 334 g/mol. The Balaban J connectivity index is 1.72. The van der Waals surface area contributed by atoms with Crippen molar-refractivity contribution in [3.8, 4) is 11.5 Å². The Hall–Kier alpha value is -2.28. The molecule has 1 unspecified atom stereocenters. The second kappa shape index (κ2) is 6.68. The molecule has 2 aliphatic rings. The quantitative estimate of drug-likeness (QED) is 0.860. The topological polar surface area (TPSA) is 91.1 Å². The van der Waals surface area contributed by atoms with E-state index in [1.165, 1.54) is 7.11 Å². The van der Waals surface area contributed by atoms with Crippen molar-refractivity contribution in [3.63, 3.8) is 0 Å². The van der Waals surface area contributed by atoms with Crippen LogP contribution in [-0.2, 0) is 9.53 Å². The first-order valence-corrected chi connectivity index (χ1v) is 7.99. The molecule has 2 amide bonds.